The zero-order valence-electron chi connectivity index (χ0n) is 8.83. The Morgan fingerprint density at radius 1 is 1.28 bits per heavy atom. The summed E-state index contributed by atoms with van der Waals surface area (Å²) in [6, 6.07) is 3.69. The smallest absolute Gasteiger partial charge is 0.266 e. The monoisotopic (exact) mass is 290 g/mol. The lowest BCUT2D eigenvalue weighted by atomic mass is 10.2. The first-order valence-corrected chi connectivity index (χ1v) is 5.60. The van der Waals surface area contributed by atoms with Gasteiger partial charge >= 0.3 is 0 Å². The van der Waals surface area contributed by atoms with Gasteiger partial charge in [-0.2, -0.15) is 5.10 Å². The van der Waals surface area contributed by atoms with E-state index in [-0.39, 0.29) is 22.2 Å². The largest absolute Gasteiger partial charge is 0.287 e. The first-order valence-electron chi connectivity index (χ1n) is 4.84. The average molecular weight is 291 g/mol. The van der Waals surface area contributed by atoms with Crippen LogP contribution in [0.4, 0.5) is 8.78 Å². The molecule has 3 nitrogen and oxygen atoms in total. The van der Waals surface area contributed by atoms with Gasteiger partial charge in [0.15, 0.2) is 11.6 Å². The van der Waals surface area contributed by atoms with Gasteiger partial charge in [-0.3, -0.25) is 4.79 Å². The minimum absolute atomic E-state index is 0.00277. The number of rotatable bonds is 2. The predicted molar refractivity (Wildman–Crippen MR) is 64.0 cm³/mol. The van der Waals surface area contributed by atoms with Crippen LogP contribution in [-0.4, -0.2) is 9.78 Å². The Bertz CT molecular complexity index is 658. The SMILES string of the molecule is O=c1c(Cl)c(Cl)cnn1Cc1cccc(F)c1F. The molecule has 1 heterocycles. The van der Waals surface area contributed by atoms with Crippen LogP contribution in [0.5, 0.6) is 0 Å². The molecule has 1 aromatic heterocycles. The van der Waals surface area contributed by atoms with Gasteiger partial charge in [0.2, 0.25) is 0 Å². The van der Waals surface area contributed by atoms with E-state index in [9.17, 15) is 13.6 Å². The Labute approximate surface area is 111 Å². The van der Waals surface area contributed by atoms with Crippen molar-refractivity contribution in [2.45, 2.75) is 6.54 Å². The summed E-state index contributed by atoms with van der Waals surface area (Å²) in [5, 5.41) is 3.51. The van der Waals surface area contributed by atoms with E-state index >= 15 is 0 Å². The van der Waals surface area contributed by atoms with Crippen molar-refractivity contribution in [3.05, 3.63) is 62.0 Å². The topological polar surface area (TPSA) is 34.9 Å². The quantitative estimate of drug-likeness (QED) is 0.852. The Hall–Kier alpha value is -1.46. The van der Waals surface area contributed by atoms with E-state index in [0.717, 1.165) is 10.7 Å². The summed E-state index contributed by atoms with van der Waals surface area (Å²) < 4.78 is 27.3. The van der Waals surface area contributed by atoms with Crippen LogP contribution in [-0.2, 0) is 6.54 Å². The van der Waals surface area contributed by atoms with Crippen molar-refractivity contribution >= 4 is 23.2 Å². The summed E-state index contributed by atoms with van der Waals surface area (Å²) in [5.74, 6) is -2.00. The van der Waals surface area contributed by atoms with Crippen LogP contribution >= 0.6 is 23.2 Å². The summed E-state index contributed by atoms with van der Waals surface area (Å²) in [5.41, 5.74) is -0.657. The van der Waals surface area contributed by atoms with Crippen molar-refractivity contribution < 1.29 is 8.78 Å². The highest BCUT2D eigenvalue weighted by Crippen LogP contribution is 2.16. The van der Waals surface area contributed by atoms with Crippen LogP contribution in [0.15, 0.2) is 29.2 Å². The van der Waals surface area contributed by atoms with E-state index in [1.165, 1.54) is 18.3 Å². The lowest BCUT2D eigenvalue weighted by Gasteiger charge is -2.06. The van der Waals surface area contributed by atoms with Crippen molar-refractivity contribution in [2.24, 2.45) is 0 Å². The van der Waals surface area contributed by atoms with E-state index in [1.807, 2.05) is 0 Å². The molecule has 0 amide bonds. The van der Waals surface area contributed by atoms with Crippen LogP contribution in [0.2, 0.25) is 10.0 Å². The maximum Gasteiger partial charge on any atom is 0.287 e. The lowest BCUT2D eigenvalue weighted by molar-refractivity contribution is 0.489. The van der Waals surface area contributed by atoms with Crippen LogP contribution in [0.1, 0.15) is 5.56 Å². The number of hydrogen-bond donors (Lipinski definition) is 0. The van der Waals surface area contributed by atoms with Gasteiger partial charge in [-0.1, -0.05) is 35.3 Å². The second-order valence-corrected chi connectivity index (χ2v) is 4.27. The first-order chi connectivity index (χ1) is 8.50. The molecule has 0 aliphatic carbocycles. The molecule has 0 N–H and O–H groups in total. The maximum atomic E-state index is 13.4. The zero-order valence-corrected chi connectivity index (χ0v) is 10.3. The molecule has 0 saturated carbocycles. The number of benzene rings is 1. The molecule has 0 aliphatic rings. The third-order valence-electron chi connectivity index (χ3n) is 2.29. The van der Waals surface area contributed by atoms with E-state index in [0.29, 0.717) is 0 Å². The predicted octanol–water partition coefficient (Wildman–Crippen LogP) is 2.88. The number of hydrogen-bond acceptors (Lipinski definition) is 2. The van der Waals surface area contributed by atoms with Gasteiger partial charge in [0, 0.05) is 5.56 Å². The van der Waals surface area contributed by atoms with Gasteiger partial charge in [-0.15, -0.1) is 0 Å². The molecule has 0 fully saturated rings. The molecular formula is C11H6Cl2F2N2O. The lowest BCUT2D eigenvalue weighted by Crippen LogP contribution is -2.24. The minimum atomic E-state index is -1.02. The Balaban J connectivity index is 2.44. The zero-order chi connectivity index (χ0) is 13.3. The third-order valence-corrected chi connectivity index (χ3v) is 3.04. The minimum Gasteiger partial charge on any atom is -0.266 e. The molecule has 2 rings (SSSR count). The van der Waals surface area contributed by atoms with Crippen LogP contribution in [0, 0.1) is 11.6 Å². The Morgan fingerprint density at radius 2 is 2.00 bits per heavy atom. The van der Waals surface area contributed by atoms with Crippen LogP contribution in [0.25, 0.3) is 0 Å². The van der Waals surface area contributed by atoms with Crippen molar-refractivity contribution in [1.29, 1.82) is 0 Å². The van der Waals surface area contributed by atoms with Gasteiger partial charge in [0.25, 0.3) is 5.56 Å². The first kappa shape index (κ1) is 13.0. The van der Waals surface area contributed by atoms with Gasteiger partial charge in [0.1, 0.15) is 5.02 Å². The molecule has 0 radical (unpaired) electrons. The molecule has 2 aromatic rings. The highest BCUT2D eigenvalue weighted by molar-refractivity contribution is 6.41. The molecule has 7 heteroatoms. The van der Waals surface area contributed by atoms with E-state index in [2.05, 4.69) is 5.10 Å². The van der Waals surface area contributed by atoms with Crippen molar-refractivity contribution in [2.75, 3.05) is 0 Å². The van der Waals surface area contributed by atoms with Gasteiger partial charge in [-0.05, 0) is 6.07 Å². The highest BCUT2D eigenvalue weighted by atomic mass is 35.5. The number of nitrogens with zero attached hydrogens (tertiary/aromatic N) is 2. The molecule has 94 valence electrons. The molecule has 18 heavy (non-hydrogen) atoms. The van der Waals surface area contributed by atoms with Crippen LogP contribution in [0.3, 0.4) is 0 Å². The van der Waals surface area contributed by atoms with Gasteiger partial charge in [0.05, 0.1) is 17.8 Å². The Morgan fingerprint density at radius 3 is 2.72 bits per heavy atom. The molecule has 0 atom stereocenters. The molecule has 0 unspecified atom stereocenters. The molecule has 0 aliphatic heterocycles. The maximum absolute atomic E-state index is 13.4. The summed E-state index contributed by atoms with van der Waals surface area (Å²) in [7, 11) is 0. The molecule has 0 bridgehead atoms. The fourth-order valence-electron chi connectivity index (χ4n) is 1.39. The van der Waals surface area contributed by atoms with Crippen molar-refractivity contribution in [3.8, 4) is 0 Å². The third kappa shape index (κ3) is 2.37. The number of aromatic nitrogens is 2. The molecule has 0 saturated heterocycles. The Kier molecular flexibility index (Phi) is 3.63. The van der Waals surface area contributed by atoms with Gasteiger partial charge < -0.3 is 0 Å². The van der Waals surface area contributed by atoms with Crippen LogP contribution < -0.4 is 5.56 Å². The molecule has 1 aromatic carbocycles. The van der Waals surface area contributed by atoms with Crippen molar-refractivity contribution in [3.63, 3.8) is 0 Å². The normalized spacial score (nSPS) is 10.7. The fraction of sp³-hybridized carbons (Fsp3) is 0.0909. The van der Waals surface area contributed by atoms with E-state index in [4.69, 9.17) is 23.2 Å². The standard InChI is InChI=1S/C11H6Cl2F2N2O/c12-7-4-16-17(11(18)9(7)13)5-6-2-1-3-8(14)10(6)15/h1-4H,5H2. The second-order valence-electron chi connectivity index (χ2n) is 3.48. The van der Waals surface area contributed by atoms with E-state index < -0.39 is 17.2 Å². The fourth-order valence-corrected chi connectivity index (χ4v) is 1.66. The number of halogens is 4. The van der Waals surface area contributed by atoms with E-state index in [1.54, 1.807) is 0 Å². The highest BCUT2D eigenvalue weighted by Gasteiger charge is 2.12. The second kappa shape index (κ2) is 5.04. The summed E-state index contributed by atoms with van der Waals surface area (Å²) in [6.45, 7) is -0.223. The molecule has 0 spiro atoms. The van der Waals surface area contributed by atoms with Gasteiger partial charge in [-0.25, -0.2) is 13.5 Å². The average Bonchev–Trinajstić information content (AvgIpc) is 2.35. The molecular weight excluding hydrogens is 285 g/mol. The van der Waals surface area contributed by atoms with Crippen molar-refractivity contribution in [1.82, 2.24) is 9.78 Å². The summed E-state index contributed by atoms with van der Waals surface area (Å²) >= 11 is 11.3. The summed E-state index contributed by atoms with van der Waals surface area (Å²) in [4.78, 5) is 11.7. The summed E-state index contributed by atoms with van der Waals surface area (Å²) in [6.07, 6.45) is 1.17.